The molecule has 4 atom stereocenters. The average molecular weight is 390 g/mol. The Bertz CT molecular complexity index is 731. The molecule has 0 amide bonds. The number of aliphatic hydroxyl groups excluding tert-OH is 1. The number of esters is 2. The SMILES string of the molecule is C=C(C)C(=O)O[C@H]1[C@H]2C(=C)C(=O)O[C@@H]2/C=C(\CO)CC/C=C(\C=O)[C@@H]1OCC. The molecule has 1 N–H and O–H groups in total. The van der Waals surface area contributed by atoms with E-state index in [4.69, 9.17) is 14.2 Å². The maximum Gasteiger partial charge on any atom is 0.334 e. The van der Waals surface area contributed by atoms with E-state index in [1.165, 1.54) is 6.92 Å². The molecule has 1 fully saturated rings. The highest BCUT2D eigenvalue weighted by molar-refractivity contribution is 5.92. The van der Waals surface area contributed by atoms with Crippen molar-refractivity contribution in [3.8, 4) is 0 Å². The molecule has 1 heterocycles. The fraction of sp³-hybridized carbons (Fsp3) is 0.476. The van der Waals surface area contributed by atoms with Crippen molar-refractivity contribution in [1.82, 2.24) is 0 Å². The van der Waals surface area contributed by atoms with Crippen LogP contribution in [0.25, 0.3) is 0 Å². The van der Waals surface area contributed by atoms with Crippen molar-refractivity contribution < 1.29 is 33.7 Å². The first-order chi connectivity index (χ1) is 13.3. The number of hydrogen-bond acceptors (Lipinski definition) is 7. The van der Waals surface area contributed by atoms with E-state index in [2.05, 4.69) is 13.2 Å². The van der Waals surface area contributed by atoms with Crippen molar-refractivity contribution in [2.45, 2.75) is 45.0 Å². The monoisotopic (exact) mass is 390 g/mol. The van der Waals surface area contributed by atoms with Gasteiger partial charge in [-0.2, -0.15) is 0 Å². The molecule has 1 aliphatic heterocycles. The van der Waals surface area contributed by atoms with Gasteiger partial charge < -0.3 is 19.3 Å². The van der Waals surface area contributed by atoms with E-state index < -0.39 is 36.2 Å². The molecule has 1 saturated heterocycles. The van der Waals surface area contributed by atoms with Gasteiger partial charge >= 0.3 is 11.9 Å². The highest BCUT2D eigenvalue weighted by atomic mass is 16.6. The van der Waals surface area contributed by atoms with Gasteiger partial charge in [0, 0.05) is 23.3 Å². The van der Waals surface area contributed by atoms with E-state index >= 15 is 0 Å². The van der Waals surface area contributed by atoms with Crippen LogP contribution in [0.3, 0.4) is 0 Å². The zero-order valence-electron chi connectivity index (χ0n) is 16.2. The fourth-order valence-electron chi connectivity index (χ4n) is 3.34. The van der Waals surface area contributed by atoms with Crippen LogP contribution in [-0.2, 0) is 28.6 Å². The molecular formula is C21H26O7. The van der Waals surface area contributed by atoms with Gasteiger partial charge in [-0.25, -0.2) is 9.59 Å². The van der Waals surface area contributed by atoms with Crippen molar-refractivity contribution in [3.05, 3.63) is 47.6 Å². The third-order valence-corrected chi connectivity index (χ3v) is 4.76. The number of carbonyl (C=O) groups excluding carboxylic acids is 3. The summed E-state index contributed by atoms with van der Waals surface area (Å²) in [6.45, 7) is 10.7. The van der Waals surface area contributed by atoms with E-state index in [1.54, 1.807) is 19.1 Å². The molecule has 28 heavy (non-hydrogen) atoms. The number of fused-ring (bicyclic) bond motifs is 1. The molecule has 0 radical (unpaired) electrons. The second-order valence-corrected chi connectivity index (χ2v) is 6.79. The summed E-state index contributed by atoms with van der Waals surface area (Å²) in [5.74, 6) is -2.06. The molecule has 0 aromatic rings. The Morgan fingerprint density at radius 3 is 2.75 bits per heavy atom. The van der Waals surface area contributed by atoms with Gasteiger partial charge in [-0.1, -0.05) is 19.2 Å². The summed E-state index contributed by atoms with van der Waals surface area (Å²) >= 11 is 0. The number of carbonyl (C=O) groups is 3. The molecular weight excluding hydrogens is 364 g/mol. The first-order valence-electron chi connectivity index (χ1n) is 9.17. The molecule has 2 rings (SSSR count). The minimum Gasteiger partial charge on any atom is -0.455 e. The van der Waals surface area contributed by atoms with E-state index in [-0.39, 0.29) is 24.4 Å². The van der Waals surface area contributed by atoms with Crippen LogP contribution >= 0.6 is 0 Å². The Hall–Kier alpha value is -2.51. The molecule has 0 unspecified atom stereocenters. The van der Waals surface area contributed by atoms with Crippen LogP contribution in [0.1, 0.15) is 26.7 Å². The lowest BCUT2D eigenvalue weighted by atomic mass is 9.83. The van der Waals surface area contributed by atoms with Crippen LogP contribution < -0.4 is 0 Å². The van der Waals surface area contributed by atoms with Gasteiger partial charge in [0.05, 0.1) is 12.5 Å². The number of hydrogen-bond donors (Lipinski definition) is 1. The minimum absolute atomic E-state index is 0.119. The largest absolute Gasteiger partial charge is 0.455 e. The van der Waals surface area contributed by atoms with Crippen LogP contribution in [-0.4, -0.2) is 54.9 Å². The van der Waals surface area contributed by atoms with Gasteiger partial charge in [-0.3, -0.25) is 4.79 Å². The first kappa shape index (κ1) is 21.8. The van der Waals surface area contributed by atoms with E-state index in [0.717, 1.165) is 0 Å². The van der Waals surface area contributed by atoms with Gasteiger partial charge in [-0.15, -0.1) is 0 Å². The van der Waals surface area contributed by atoms with Crippen molar-refractivity contribution in [3.63, 3.8) is 0 Å². The van der Waals surface area contributed by atoms with Crippen LogP contribution in [0, 0.1) is 5.92 Å². The standard InChI is InChI=1S/C21H26O7/c1-5-26-18-15(11-23)8-6-7-14(10-22)9-16-17(13(4)21(25)27-16)19(18)28-20(24)12(2)3/h8-9,11,16-19,22H,2,4-7,10H2,1,3H3/b14-9-,15-8+/t16-,17+,18+,19+/m1/s1. The number of aldehydes is 1. The molecule has 152 valence electrons. The van der Waals surface area contributed by atoms with Crippen LogP contribution in [0.5, 0.6) is 0 Å². The molecule has 0 saturated carbocycles. The minimum atomic E-state index is -1.03. The molecule has 7 nitrogen and oxygen atoms in total. The zero-order valence-corrected chi connectivity index (χ0v) is 16.2. The third kappa shape index (κ3) is 4.66. The van der Waals surface area contributed by atoms with Gasteiger partial charge in [0.2, 0.25) is 0 Å². The molecule has 0 aromatic heterocycles. The molecule has 0 spiro atoms. The molecule has 1 aliphatic carbocycles. The van der Waals surface area contributed by atoms with Crippen LogP contribution in [0.15, 0.2) is 47.6 Å². The lowest BCUT2D eigenvalue weighted by Gasteiger charge is -2.33. The fourth-order valence-corrected chi connectivity index (χ4v) is 3.34. The van der Waals surface area contributed by atoms with Gasteiger partial charge in [0.25, 0.3) is 0 Å². The Labute approximate surface area is 164 Å². The second kappa shape index (κ2) is 9.61. The molecule has 7 heteroatoms. The lowest BCUT2D eigenvalue weighted by Crippen LogP contribution is -2.44. The van der Waals surface area contributed by atoms with Gasteiger partial charge in [-0.05, 0) is 38.3 Å². The lowest BCUT2D eigenvalue weighted by molar-refractivity contribution is -0.156. The molecule has 0 bridgehead atoms. The Kier molecular flexibility index (Phi) is 7.48. The highest BCUT2D eigenvalue weighted by Gasteiger charge is 2.48. The van der Waals surface area contributed by atoms with Gasteiger partial charge in [0.1, 0.15) is 24.6 Å². The number of allylic oxidation sites excluding steroid dienone is 1. The summed E-state index contributed by atoms with van der Waals surface area (Å²) in [5, 5.41) is 9.62. The predicted molar refractivity (Wildman–Crippen MR) is 101 cm³/mol. The smallest absolute Gasteiger partial charge is 0.334 e. The predicted octanol–water partition coefficient (Wildman–Crippen LogP) is 1.81. The highest BCUT2D eigenvalue weighted by Crippen LogP contribution is 2.37. The van der Waals surface area contributed by atoms with Crippen molar-refractivity contribution in [1.29, 1.82) is 0 Å². The summed E-state index contributed by atoms with van der Waals surface area (Å²) in [7, 11) is 0. The summed E-state index contributed by atoms with van der Waals surface area (Å²) in [5.41, 5.74) is 1.24. The first-order valence-corrected chi connectivity index (χ1v) is 9.17. The second-order valence-electron chi connectivity index (χ2n) is 6.79. The normalized spacial score (nSPS) is 31.5. The molecule has 0 aromatic carbocycles. The zero-order chi connectivity index (χ0) is 20.8. The summed E-state index contributed by atoms with van der Waals surface area (Å²) in [6, 6.07) is 0. The van der Waals surface area contributed by atoms with E-state index in [9.17, 15) is 19.5 Å². The number of aliphatic hydroxyl groups is 1. The maximum atomic E-state index is 12.3. The summed E-state index contributed by atoms with van der Waals surface area (Å²) in [6.07, 6.45) is 2.24. The van der Waals surface area contributed by atoms with Gasteiger partial charge in [0.15, 0.2) is 0 Å². The Balaban J connectivity index is 2.61. The van der Waals surface area contributed by atoms with Crippen molar-refractivity contribution in [2.24, 2.45) is 5.92 Å². The van der Waals surface area contributed by atoms with Crippen LogP contribution in [0.2, 0.25) is 0 Å². The number of rotatable bonds is 6. The number of ether oxygens (including phenoxy) is 3. The summed E-state index contributed by atoms with van der Waals surface area (Å²) < 4.78 is 16.8. The Morgan fingerprint density at radius 2 is 2.18 bits per heavy atom. The van der Waals surface area contributed by atoms with Crippen LogP contribution in [0.4, 0.5) is 0 Å². The molecule has 2 aliphatic rings. The summed E-state index contributed by atoms with van der Waals surface area (Å²) in [4.78, 5) is 36.3. The third-order valence-electron chi connectivity index (χ3n) is 4.76. The maximum absolute atomic E-state index is 12.3. The van der Waals surface area contributed by atoms with E-state index in [0.29, 0.717) is 30.3 Å². The van der Waals surface area contributed by atoms with Crippen molar-refractivity contribution in [2.75, 3.05) is 13.2 Å². The average Bonchev–Trinajstić information content (AvgIpc) is 2.94. The quantitative estimate of drug-likeness (QED) is 0.320. The topological polar surface area (TPSA) is 99.1 Å². The van der Waals surface area contributed by atoms with E-state index in [1.807, 2.05) is 0 Å². The Morgan fingerprint density at radius 1 is 1.46 bits per heavy atom. The van der Waals surface area contributed by atoms with Crippen molar-refractivity contribution >= 4 is 18.2 Å².